The third kappa shape index (κ3) is 5.13. The fraction of sp³-hybridized carbons (Fsp3) is 0.429. The Morgan fingerprint density at radius 3 is 2.15 bits per heavy atom. The fourth-order valence-electron chi connectivity index (χ4n) is 5.02. The molecule has 174 valence electrons. The molecule has 5 nitrogen and oxygen atoms in total. The van der Waals surface area contributed by atoms with Crippen LogP contribution >= 0.6 is 0 Å². The summed E-state index contributed by atoms with van der Waals surface area (Å²) >= 11 is 0. The maximum atomic E-state index is 13.6. The van der Waals surface area contributed by atoms with Crippen molar-refractivity contribution >= 4 is 17.4 Å². The van der Waals surface area contributed by atoms with Gasteiger partial charge in [0.05, 0.1) is 11.7 Å². The van der Waals surface area contributed by atoms with Gasteiger partial charge in [-0.3, -0.25) is 14.5 Å². The van der Waals surface area contributed by atoms with Gasteiger partial charge in [0, 0.05) is 19.6 Å². The first-order valence-electron chi connectivity index (χ1n) is 12.0. The van der Waals surface area contributed by atoms with Crippen molar-refractivity contribution in [3.05, 3.63) is 71.4 Å². The highest BCUT2D eigenvalue weighted by molar-refractivity contribution is 6.35. The molecule has 33 heavy (non-hydrogen) atoms. The van der Waals surface area contributed by atoms with Gasteiger partial charge >= 0.3 is 0 Å². The first kappa shape index (κ1) is 23.1. The summed E-state index contributed by atoms with van der Waals surface area (Å²) < 4.78 is 5.77. The number of hydrogen-bond donors (Lipinski definition) is 0. The molecule has 5 heteroatoms. The Balaban J connectivity index is 1.66. The molecule has 0 saturated carbocycles. The van der Waals surface area contributed by atoms with E-state index >= 15 is 0 Å². The third-order valence-corrected chi connectivity index (χ3v) is 6.31. The number of ether oxygens (including phenoxy) is 1. The number of imide groups is 1. The first-order chi connectivity index (χ1) is 15.8. The topological polar surface area (TPSA) is 49.9 Å². The zero-order valence-electron chi connectivity index (χ0n) is 20.1. The Labute approximate surface area is 197 Å². The average Bonchev–Trinajstić information content (AvgIpc) is 3.02. The molecule has 4 rings (SSSR count). The molecule has 2 aliphatic rings. The Hall–Kier alpha value is -3.08. The highest BCUT2D eigenvalue weighted by atomic mass is 16.5. The Morgan fingerprint density at radius 1 is 0.909 bits per heavy atom. The van der Waals surface area contributed by atoms with Crippen molar-refractivity contribution in [1.29, 1.82) is 0 Å². The number of likely N-dealkylation sites (tertiary alicyclic amines) is 1. The summed E-state index contributed by atoms with van der Waals surface area (Å²) in [5, 5.41) is 0. The minimum atomic E-state index is -0.200. The molecule has 2 aromatic carbocycles. The van der Waals surface area contributed by atoms with Gasteiger partial charge in [-0.05, 0) is 61.8 Å². The summed E-state index contributed by atoms with van der Waals surface area (Å²) in [6, 6.07) is 17.6. The molecule has 0 aliphatic carbocycles. The Kier molecular flexibility index (Phi) is 6.87. The number of amides is 2. The highest BCUT2D eigenvalue weighted by Crippen LogP contribution is 2.35. The second-order valence-electron chi connectivity index (χ2n) is 9.76. The van der Waals surface area contributed by atoms with E-state index in [9.17, 15) is 9.59 Å². The molecule has 0 N–H and O–H groups in total. The fourth-order valence-corrected chi connectivity index (χ4v) is 5.02. The van der Waals surface area contributed by atoms with Crippen LogP contribution in [0.2, 0.25) is 0 Å². The second-order valence-corrected chi connectivity index (χ2v) is 9.76. The number of rotatable bonds is 7. The van der Waals surface area contributed by atoms with E-state index in [4.69, 9.17) is 4.74 Å². The van der Waals surface area contributed by atoms with Crippen molar-refractivity contribution in [2.24, 2.45) is 11.8 Å². The molecule has 0 bridgehead atoms. The number of carbonyl (C=O) groups excluding carboxylic acids is 2. The first-order valence-corrected chi connectivity index (χ1v) is 12.0. The van der Waals surface area contributed by atoms with Crippen molar-refractivity contribution in [3.63, 3.8) is 0 Å². The van der Waals surface area contributed by atoms with Gasteiger partial charge in [-0.2, -0.15) is 0 Å². The normalized spacial score (nSPS) is 21.4. The summed E-state index contributed by atoms with van der Waals surface area (Å²) in [6.45, 7) is 10.4. The van der Waals surface area contributed by atoms with Crippen LogP contribution in [-0.2, 0) is 16.0 Å². The smallest absolute Gasteiger partial charge is 0.277 e. The van der Waals surface area contributed by atoms with E-state index in [2.05, 4.69) is 18.7 Å². The van der Waals surface area contributed by atoms with Crippen molar-refractivity contribution in [1.82, 2.24) is 9.80 Å². The molecule has 1 saturated heterocycles. The van der Waals surface area contributed by atoms with Gasteiger partial charge in [0.25, 0.3) is 11.8 Å². The number of benzene rings is 2. The standard InChI is InChI=1S/C28H34N2O3/c1-19(2)33-24-12-10-23(11-13-24)25-26(29-17-20(3)16-21(4)18-29)28(32)30(27(25)31)15-14-22-8-6-5-7-9-22/h5-13,19-21H,14-18H2,1-4H3. The van der Waals surface area contributed by atoms with E-state index in [1.54, 1.807) is 0 Å². The van der Waals surface area contributed by atoms with Crippen molar-refractivity contribution in [2.75, 3.05) is 19.6 Å². The molecule has 0 spiro atoms. The lowest BCUT2D eigenvalue weighted by molar-refractivity contribution is -0.137. The molecule has 0 aromatic heterocycles. The largest absolute Gasteiger partial charge is 0.491 e. The van der Waals surface area contributed by atoms with Crippen LogP contribution in [0.15, 0.2) is 60.3 Å². The predicted molar refractivity (Wildman–Crippen MR) is 131 cm³/mol. The predicted octanol–water partition coefficient (Wildman–Crippen LogP) is 4.77. The van der Waals surface area contributed by atoms with E-state index < -0.39 is 0 Å². The highest BCUT2D eigenvalue weighted by Gasteiger charge is 2.42. The Bertz CT molecular complexity index is 1020. The van der Waals surface area contributed by atoms with Crippen LogP contribution in [0.3, 0.4) is 0 Å². The van der Waals surface area contributed by atoms with Crippen LogP contribution in [0.4, 0.5) is 0 Å². The zero-order valence-corrected chi connectivity index (χ0v) is 20.1. The molecule has 2 aromatic rings. The van der Waals surface area contributed by atoms with Gasteiger partial charge in [-0.15, -0.1) is 0 Å². The number of carbonyl (C=O) groups is 2. The van der Waals surface area contributed by atoms with Crippen LogP contribution < -0.4 is 4.74 Å². The average molecular weight is 447 g/mol. The summed E-state index contributed by atoms with van der Waals surface area (Å²) in [4.78, 5) is 30.8. The van der Waals surface area contributed by atoms with Crippen molar-refractivity contribution < 1.29 is 14.3 Å². The lowest BCUT2D eigenvalue weighted by Gasteiger charge is -2.37. The van der Waals surface area contributed by atoms with Crippen LogP contribution in [-0.4, -0.2) is 47.4 Å². The zero-order chi connectivity index (χ0) is 23.5. The maximum Gasteiger partial charge on any atom is 0.277 e. The number of nitrogens with zero attached hydrogens (tertiary/aromatic N) is 2. The molecule has 0 radical (unpaired) electrons. The maximum absolute atomic E-state index is 13.6. The van der Waals surface area contributed by atoms with Crippen molar-refractivity contribution in [2.45, 2.75) is 46.6 Å². The van der Waals surface area contributed by atoms with Crippen LogP contribution in [0.1, 0.15) is 45.2 Å². The molecular weight excluding hydrogens is 412 g/mol. The lowest BCUT2D eigenvalue weighted by atomic mass is 9.91. The summed E-state index contributed by atoms with van der Waals surface area (Å²) in [7, 11) is 0. The minimum Gasteiger partial charge on any atom is -0.491 e. The van der Waals surface area contributed by atoms with Gasteiger partial charge in [-0.1, -0.05) is 56.3 Å². The van der Waals surface area contributed by atoms with Gasteiger partial charge in [0.1, 0.15) is 11.4 Å². The summed E-state index contributed by atoms with van der Waals surface area (Å²) in [5.41, 5.74) is 2.96. The summed E-state index contributed by atoms with van der Waals surface area (Å²) in [6.07, 6.45) is 1.86. The van der Waals surface area contributed by atoms with E-state index in [-0.39, 0.29) is 17.9 Å². The van der Waals surface area contributed by atoms with Crippen LogP contribution in [0.25, 0.3) is 5.57 Å². The molecule has 1 fully saturated rings. The quantitative estimate of drug-likeness (QED) is 0.575. The van der Waals surface area contributed by atoms with Crippen LogP contribution in [0, 0.1) is 11.8 Å². The third-order valence-electron chi connectivity index (χ3n) is 6.31. The Morgan fingerprint density at radius 2 is 1.55 bits per heavy atom. The molecule has 2 heterocycles. The lowest BCUT2D eigenvalue weighted by Crippen LogP contribution is -2.42. The minimum absolute atomic E-state index is 0.0742. The van der Waals surface area contributed by atoms with Crippen molar-refractivity contribution in [3.8, 4) is 5.75 Å². The molecule has 2 aliphatic heterocycles. The summed E-state index contributed by atoms with van der Waals surface area (Å²) in [5.74, 6) is 1.34. The number of piperidine rings is 1. The molecule has 2 amide bonds. The molecule has 2 atom stereocenters. The van der Waals surface area contributed by atoms with E-state index in [1.807, 2.05) is 68.4 Å². The molecule has 2 unspecified atom stereocenters. The van der Waals surface area contributed by atoms with Gasteiger partial charge in [0.2, 0.25) is 0 Å². The van der Waals surface area contributed by atoms with E-state index in [0.717, 1.165) is 36.4 Å². The van der Waals surface area contributed by atoms with Gasteiger partial charge < -0.3 is 9.64 Å². The van der Waals surface area contributed by atoms with Gasteiger partial charge in [-0.25, -0.2) is 0 Å². The van der Waals surface area contributed by atoms with Crippen LogP contribution in [0.5, 0.6) is 5.75 Å². The van der Waals surface area contributed by atoms with Gasteiger partial charge in [0.15, 0.2) is 0 Å². The van der Waals surface area contributed by atoms with E-state index in [0.29, 0.717) is 36.1 Å². The van der Waals surface area contributed by atoms with E-state index in [1.165, 1.54) is 4.90 Å². The number of hydrogen-bond acceptors (Lipinski definition) is 4. The molecular formula is C28H34N2O3. The SMILES string of the molecule is CC1CC(C)CN(C2=C(c3ccc(OC(C)C)cc3)C(=O)N(CCc3ccccc3)C2=O)C1. The second kappa shape index (κ2) is 9.82. The monoisotopic (exact) mass is 446 g/mol.